The minimum absolute atomic E-state index is 0.0822. The summed E-state index contributed by atoms with van der Waals surface area (Å²) in [5.41, 5.74) is 1.62. The summed E-state index contributed by atoms with van der Waals surface area (Å²) in [5, 5.41) is 0.239. The van der Waals surface area contributed by atoms with E-state index < -0.39 is 38.5 Å². The average molecular weight is 546 g/mol. The molecule has 3 rings (SSSR count). The second-order valence-corrected chi connectivity index (χ2v) is 13.3. The quantitative estimate of drug-likeness (QED) is 0.297. The second-order valence-electron chi connectivity index (χ2n) is 9.64. The van der Waals surface area contributed by atoms with Gasteiger partial charge in [0.25, 0.3) is 10.0 Å². The van der Waals surface area contributed by atoms with E-state index in [-0.39, 0.29) is 16.4 Å². The molecule has 0 spiro atoms. The van der Waals surface area contributed by atoms with E-state index in [2.05, 4.69) is 0 Å². The van der Waals surface area contributed by atoms with Crippen molar-refractivity contribution in [3.63, 3.8) is 0 Å². The monoisotopic (exact) mass is 545 g/mol. The maximum absolute atomic E-state index is 13.7. The summed E-state index contributed by atoms with van der Waals surface area (Å²) < 4.78 is 37.9. The highest BCUT2D eigenvalue weighted by molar-refractivity contribution is 8.14. The first kappa shape index (κ1) is 28.5. The van der Waals surface area contributed by atoms with Gasteiger partial charge in [0.15, 0.2) is 11.0 Å². The Morgan fingerprint density at radius 1 is 0.946 bits per heavy atom. The number of thioether (sulfide) groups is 1. The highest BCUT2D eigenvalue weighted by Crippen LogP contribution is 2.40. The molecule has 0 aliphatic heterocycles. The number of ether oxygens (including phenoxy) is 2. The lowest BCUT2D eigenvalue weighted by Gasteiger charge is -2.24. The summed E-state index contributed by atoms with van der Waals surface area (Å²) in [6.07, 6.45) is 1.17. The van der Waals surface area contributed by atoms with Crippen LogP contribution in [0.4, 0.5) is 0 Å². The Balaban J connectivity index is 2.27. The van der Waals surface area contributed by atoms with Crippen LogP contribution in [0.1, 0.15) is 44.2 Å². The molecular formula is C27H31NO7S2. The standard InChI is InChI=1S/C27H31NO7S2/c1-17-11-13-18(14-12-17)37(32,33)28-16-21(19-9-7-8-10-22(19)28)20(15-23(29)36-27(2,3)4)24(25(30)34-5)26(31)35-6/h7-14,16,20,24H,15H2,1-6H3/t20-/m0/s1. The largest absolute Gasteiger partial charge is 0.468 e. The molecule has 1 atom stereocenters. The van der Waals surface area contributed by atoms with Crippen molar-refractivity contribution in [1.29, 1.82) is 0 Å². The van der Waals surface area contributed by atoms with Gasteiger partial charge in [-0.3, -0.25) is 14.4 Å². The smallest absolute Gasteiger partial charge is 0.320 e. The number of benzene rings is 2. The second kappa shape index (κ2) is 11.1. The number of carbonyl (C=O) groups excluding carboxylic acids is 3. The van der Waals surface area contributed by atoms with Crippen molar-refractivity contribution in [3.8, 4) is 0 Å². The highest BCUT2D eigenvalue weighted by Gasteiger charge is 2.41. The Morgan fingerprint density at radius 3 is 2.05 bits per heavy atom. The minimum Gasteiger partial charge on any atom is -0.468 e. The predicted octanol–water partition coefficient (Wildman–Crippen LogP) is 4.68. The molecule has 3 aromatic rings. The molecule has 0 radical (unpaired) electrons. The van der Waals surface area contributed by atoms with E-state index in [1.54, 1.807) is 36.4 Å². The molecule has 1 aromatic heterocycles. The maximum atomic E-state index is 13.7. The lowest BCUT2D eigenvalue weighted by atomic mass is 9.83. The predicted molar refractivity (Wildman–Crippen MR) is 143 cm³/mol. The van der Waals surface area contributed by atoms with E-state index in [0.29, 0.717) is 16.5 Å². The van der Waals surface area contributed by atoms with Gasteiger partial charge in [-0.1, -0.05) is 68.4 Å². The van der Waals surface area contributed by atoms with Gasteiger partial charge >= 0.3 is 11.9 Å². The Kier molecular flexibility index (Phi) is 8.54. The van der Waals surface area contributed by atoms with Crippen LogP contribution < -0.4 is 0 Å². The number of methoxy groups -OCH3 is 2. The molecule has 10 heteroatoms. The van der Waals surface area contributed by atoms with Crippen LogP contribution in [0.15, 0.2) is 59.6 Å². The Morgan fingerprint density at radius 2 is 1.51 bits per heavy atom. The molecule has 0 bridgehead atoms. The molecule has 0 aliphatic carbocycles. The first-order valence-corrected chi connectivity index (χ1v) is 13.9. The van der Waals surface area contributed by atoms with Gasteiger partial charge in [-0.15, -0.1) is 0 Å². The van der Waals surface area contributed by atoms with Crippen LogP contribution in [0.25, 0.3) is 10.9 Å². The van der Waals surface area contributed by atoms with Gasteiger partial charge in [-0.2, -0.15) is 0 Å². The third kappa shape index (κ3) is 6.24. The Bertz CT molecular complexity index is 1400. The van der Waals surface area contributed by atoms with Crippen molar-refractivity contribution in [2.75, 3.05) is 14.2 Å². The number of carbonyl (C=O) groups is 3. The molecule has 0 aliphatic rings. The van der Waals surface area contributed by atoms with Gasteiger partial charge in [-0.05, 0) is 30.7 Å². The zero-order chi connectivity index (χ0) is 27.5. The van der Waals surface area contributed by atoms with E-state index in [9.17, 15) is 22.8 Å². The van der Waals surface area contributed by atoms with Gasteiger partial charge in [0.1, 0.15) is 0 Å². The summed E-state index contributed by atoms with van der Waals surface area (Å²) in [6.45, 7) is 7.49. The van der Waals surface area contributed by atoms with Gasteiger partial charge < -0.3 is 9.47 Å². The van der Waals surface area contributed by atoms with Crippen molar-refractivity contribution in [2.45, 2.75) is 49.7 Å². The molecule has 2 aromatic carbocycles. The number of esters is 2. The van der Waals surface area contributed by atoms with Crippen LogP contribution in [-0.2, 0) is 33.9 Å². The van der Waals surface area contributed by atoms with Crippen LogP contribution in [0, 0.1) is 12.8 Å². The van der Waals surface area contributed by atoms with E-state index >= 15 is 0 Å². The molecule has 0 N–H and O–H groups in total. The number of nitrogens with zero attached hydrogens (tertiary/aromatic N) is 1. The van der Waals surface area contributed by atoms with E-state index in [1.807, 2.05) is 27.7 Å². The Hall–Kier alpha value is -3.11. The number of aromatic nitrogens is 1. The number of rotatable bonds is 8. The third-order valence-corrected chi connectivity index (χ3v) is 8.50. The lowest BCUT2D eigenvalue weighted by Crippen LogP contribution is -2.33. The van der Waals surface area contributed by atoms with Crippen LogP contribution >= 0.6 is 11.8 Å². The highest BCUT2D eigenvalue weighted by atomic mass is 32.2. The van der Waals surface area contributed by atoms with E-state index in [1.165, 1.54) is 18.3 Å². The van der Waals surface area contributed by atoms with Gasteiger partial charge in [-0.25, -0.2) is 12.4 Å². The Labute approximate surface area is 221 Å². The first-order valence-electron chi connectivity index (χ1n) is 11.6. The van der Waals surface area contributed by atoms with Gasteiger partial charge in [0.2, 0.25) is 0 Å². The zero-order valence-electron chi connectivity index (χ0n) is 21.7. The summed E-state index contributed by atoms with van der Waals surface area (Å²) in [7, 11) is -1.75. The normalized spacial score (nSPS) is 12.9. The van der Waals surface area contributed by atoms with Crippen molar-refractivity contribution >= 4 is 49.7 Å². The first-order chi connectivity index (χ1) is 17.3. The number of hydrogen-bond acceptors (Lipinski definition) is 8. The zero-order valence-corrected chi connectivity index (χ0v) is 23.3. The fraction of sp³-hybridized carbons (Fsp3) is 0.370. The summed E-state index contributed by atoms with van der Waals surface area (Å²) in [5.74, 6) is -4.24. The summed E-state index contributed by atoms with van der Waals surface area (Å²) in [4.78, 5) is 38.8. The molecule has 37 heavy (non-hydrogen) atoms. The molecule has 1 heterocycles. The SMILES string of the molecule is COC(=O)C(C(=O)OC)[C@@H](CC(=O)SC(C)(C)C)c1cn(S(=O)(=O)c2ccc(C)cc2)c2ccccc12. The van der Waals surface area contributed by atoms with Crippen molar-refractivity contribution in [2.24, 2.45) is 5.92 Å². The van der Waals surface area contributed by atoms with Crippen LogP contribution in [0.5, 0.6) is 0 Å². The summed E-state index contributed by atoms with van der Waals surface area (Å²) in [6, 6.07) is 13.2. The fourth-order valence-electron chi connectivity index (χ4n) is 4.14. The van der Waals surface area contributed by atoms with E-state index in [0.717, 1.165) is 35.5 Å². The minimum atomic E-state index is -4.04. The van der Waals surface area contributed by atoms with Crippen LogP contribution in [0.2, 0.25) is 0 Å². The molecule has 0 saturated heterocycles. The molecule has 0 unspecified atom stereocenters. The third-order valence-electron chi connectivity index (χ3n) is 5.81. The molecule has 0 fully saturated rings. The number of hydrogen-bond donors (Lipinski definition) is 0. The molecule has 8 nitrogen and oxygen atoms in total. The molecule has 0 saturated carbocycles. The maximum Gasteiger partial charge on any atom is 0.320 e. The van der Waals surface area contributed by atoms with Crippen molar-refractivity contribution in [3.05, 3.63) is 65.9 Å². The van der Waals surface area contributed by atoms with Gasteiger partial charge in [0.05, 0.1) is 24.6 Å². The number of para-hydroxylation sites is 1. The number of aryl methyl sites for hydroxylation is 1. The molecular weight excluding hydrogens is 514 g/mol. The number of fused-ring (bicyclic) bond motifs is 1. The van der Waals surface area contributed by atoms with Crippen molar-refractivity contribution < 1.29 is 32.3 Å². The van der Waals surface area contributed by atoms with Crippen LogP contribution in [0.3, 0.4) is 0 Å². The fourth-order valence-corrected chi connectivity index (χ4v) is 6.47. The summed E-state index contributed by atoms with van der Waals surface area (Å²) >= 11 is 1.08. The van der Waals surface area contributed by atoms with E-state index in [4.69, 9.17) is 9.47 Å². The average Bonchev–Trinajstić information content (AvgIpc) is 3.22. The van der Waals surface area contributed by atoms with Crippen molar-refractivity contribution in [1.82, 2.24) is 3.97 Å². The topological polar surface area (TPSA) is 109 Å². The van der Waals surface area contributed by atoms with Gasteiger partial charge in [0, 0.05) is 28.7 Å². The lowest BCUT2D eigenvalue weighted by molar-refractivity contribution is -0.160. The molecule has 0 amide bonds. The van der Waals surface area contributed by atoms with Crippen LogP contribution in [-0.4, -0.2) is 48.4 Å². The molecule has 198 valence electrons.